The van der Waals surface area contributed by atoms with Crippen molar-refractivity contribution in [1.82, 2.24) is 4.90 Å². The molecule has 0 unspecified atom stereocenters. The van der Waals surface area contributed by atoms with Gasteiger partial charge in [-0.3, -0.25) is 4.79 Å². The van der Waals surface area contributed by atoms with Crippen LogP contribution in [0.1, 0.15) is 29.7 Å². The maximum atomic E-state index is 12.5. The molecule has 0 bridgehead atoms. The van der Waals surface area contributed by atoms with Crippen LogP contribution in [0.5, 0.6) is 5.75 Å². The lowest BCUT2D eigenvalue weighted by molar-refractivity contribution is -0.145. The minimum atomic E-state index is -0.454. The normalized spacial score (nSPS) is 15.2. The quantitative estimate of drug-likeness (QED) is 0.559. The summed E-state index contributed by atoms with van der Waals surface area (Å²) < 4.78 is 10.6. The Balaban J connectivity index is 2.01. The summed E-state index contributed by atoms with van der Waals surface area (Å²) in [4.78, 5) is 25.9. The highest BCUT2D eigenvalue weighted by molar-refractivity contribution is 6.30. The van der Waals surface area contributed by atoms with Crippen LogP contribution in [-0.4, -0.2) is 30.0 Å². The molecule has 1 atom stereocenters. The number of ether oxygens (including phenoxy) is 2. The van der Waals surface area contributed by atoms with E-state index in [1.54, 1.807) is 30.0 Å². The number of amides is 1. The second-order valence-corrected chi connectivity index (χ2v) is 6.48. The molecule has 6 heteroatoms. The van der Waals surface area contributed by atoms with Gasteiger partial charge in [0.2, 0.25) is 5.91 Å². The van der Waals surface area contributed by atoms with Gasteiger partial charge in [-0.05, 0) is 42.3 Å². The molecular weight excluding hydrogens is 366 g/mol. The third kappa shape index (κ3) is 3.98. The van der Waals surface area contributed by atoms with E-state index in [0.717, 1.165) is 11.1 Å². The molecule has 0 spiro atoms. The van der Waals surface area contributed by atoms with Crippen LogP contribution in [0, 0.1) is 0 Å². The van der Waals surface area contributed by atoms with Gasteiger partial charge in [-0.2, -0.15) is 0 Å². The lowest BCUT2D eigenvalue weighted by Crippen LogP contribution is -2.29. The average Bonchev–Trinajstić information content (AvgIpc) is 3.06. The summed E-state index contributed by atoms with van der Waals surface area (Å²) in [5.41, 5.74) is 2.76. The predicted molar refractivity (Wildman–Crippen MR) is 103 cm³/mol. The maximum absolute atomic E-state index is 12.5. The standard InChI is InChI=1S/C21H20ClNO4/c1-3-19(24)23-12-14-7-5-6-8-16(14)21(23)17-11-15(22)9-10-18(17)27-13-20(25)26-4-2/h3,5-11,21H,1,4,12-13H2,2H3/t21-/m0/s1. The number of fused-ring (bicyclic) bond motifs is 1. The Hall–Kier alpha value is -2.79. The zero-order valence-corrected chi connectivity index (χ0v) is 15.7. The monoisotopic (exact) mass is 385 g/mol. The third-order valence-electron chi connectivity index (χ3n) is 4.38. The lowest BCUT2D eigenvalue weighted by Gasteiger charge is -2.26. The SMILES string of the molecule is C=CC(=O)N1Cc2ccccc2[C@H]1c1cc(Cl)ccc1OCC(=O)OCC. The second-order valence-electron chi connectivity index (χ2n) is 6.05. The number of rotatable bonds is 6. The van der Waals surface area contributed by atoms with E-state index >= 15 is 0 Å². The second kappa shape index (κ2) is 8.27. The predicted octanol–water partition coefficient (Wildman–Crippen LogP) is 3.90. The van der Waals surface area contributed by atoms with E-state index in [-0.39, 0.29) is 25.2 Å². The van der Waals surface area contributed by atoms with E-state index in [9.17, 15) is 9.59 Å². The molecule has 1 amide bonds. The van der Waals surface area contributed by atoms with Gasteiger partial charge in [0.1, 0.15) is 5.75 Å². The van der Waals surface area contributed by atoms with Gasteiger partial charge in [-0.1, -0.05) is 42.4 Å². The van der Waals surface area contributed by atoms with Crippen molar-refractivity contribution < 1.29 is 19.1 Å². The van der Waals surface area contributed by atoms with Gasteiger partial charge in [0, 0.05) is 17.1 Å². The van der Waals surface area contributed by atoms with Crippen molar-refractivity contribution in [3.8, 4) is 5.75 Å². The summed E-state index contributed by atoms with van der Waals surface area (Å²) >= 11 is 6.23. The van der Waals surface area contributed by atoms with Crippen LogP contribution in [0.3, 0.4) is 0 Å². The summed E-state index contributed by atoms with van der Waals surface area (Å²) in [5, 5.41) is 0.517. The van der Waals surface area contributed by atoms with Gasteiger partial charge in [0.25, 0.3) is 0 Å². The molecule has 27 heavy (non-hydrogen) atoms. The van der Waals surface area contributed by atoms with Crippen molar-refractivity contribution >= 4 is 23.5 Å². The number of carbonyl (C=O) groups excluding carboxylic acids is 2. The number of carbonyl (C=O) groups is 2. The fourth-order valence-electron chi connectivity index (χ4n) is 3.25. The Bertz CT molecular complexity index is 880. The van der Waals surface area contributed by atoms with Crippen molar-refractivity contribution in [3.05, 3.63) is 76.8 Å². The lowest BCUT2D eigenvalue weighted by atomic mass is 9.97. The van der Waals surface area contributed by atoms with Gasteiger partial charge in [0.05, 0.1) is 12.6 Å². The fourth-order valence-corrected chi connectivity index (χ4v) is 3.43. The third-order valence-corrected chi connectivity index (χ3v) is 4.61. The van der Waals surface area contributed by atoms with Crippen molar-refractivity contribution in [1.29, 1.82) is 0 Å². The first-order valence-corrected chi connectivity index (χ1v) is 9.01. The van der Waals surface area contributed by atoms with Crippen LogP contribution < -0.4 is 4.74 Å². The molecule has 3 rings (SSSR count). The van der Waals surface area contributed by atoms with Gasteiger partial charge in [-0.15, -0.1) is 0 Å². The van der Waals surface area contributed by atoms with E-state index < -0.39 is 5.97 Å². The highest BCUT2D eigenvalue weighted by Gasteiger charge is 2.35. The topological polar surface area (TPSA) is 55.8 Å². The zero-order chi connectivity index (χ0) is 19.4. The Morgan fingerprint density at radius 1 is 1.26 bits per heavy atom. The molecule has 0 fully saturated rings. The molecular formula is C21H20ClNO4. The molecule has 0 saturated heterocycles. The molecule has 0 saturated carbocycles. The molecule has 1 aliphatic rings. The van der Waals surface area contributed by atoms with E-state index in [1.807, 2.05) is 24.3 Å². The number of nitrogens with zero attached hydrogens (tertiary/aromatic N) is 1. The Labute approximate surface area is 163 Å². The number of esters is 1. The van der Waals surface area contributed by atoms with Crippen LogP contribution in [0.15, 0.2) is 55.1 Å². The highest BCUT2D eigenvalue weighted by Crippen LogP contribution is 2.43. The van der Waals surface area contributed by atoms with E-state index in [0.29, 0.717) is 22.9 Å². The van der Waals surface area contributed by atoms with Gasteiger partial charge < -0.3 is 14.4 Å². The minimum absolute atomic E-state index is 0.187. The molecule has 1 heterocycles. The molecule has 1 aliphatic heterocycles. The van der Waals surface area contributed by atoms with E-state index in [2.05, 4.69) is 6.58 Å². The first kappa shape index (κ1) is 19.0. The van der Waals surface area contributed by atoms with Crippen LogP contribution in [0.2, 0.25) is 5.02 Å². The van der Waals surface area contributed by atoms with Crippen LogP contribution in [-0.2, 0) is 20.9 Å². The fraction of sp³-hybridized carbons (Fsp3) is 0.238. The van der Waals surface area contributed by atoms with Crippen molar-refractivity contribution in [2.45, 2.75) is 19.5 Å². The smallest absolute Gasteiger partial charge is 0.344 e. The summed E-state index contributed by atoms with van der Waals surface area (Å²) in [6, 6.07) is 12.6. The molecule has 0 N–H and O–H groups in total. The van der Waals surface area contributed by atoms with Crippen LogP contribution >= 0.6 is 11.6 Å². The number of halogens is 1. The van der Waals surface area contributed by atoms with Crippen molar-refractivity contribution in [2.24, 2.45) is 0 Å². The molecule has 5 nitrogen and oxygen atoms in total. The summed E-state index contributed by atoms with van der Waals surface area (Å²) in [5.74, 6) is -0.159. The number of hydrogen-bond donors (Lipinski definition) is 0. The maximum Gasteiger partial charge on any atom is 0.344 e. The first-order chi connectivity index (χ1) is 13.0. The Morgan fingerprint density at radius 2 is 2.04 bits per heavy atom. The highest BCUT2D eigenvalue weighted by atomic mass is 35.5. The molecule has 0 aliphatic carbocycles. The molecule has 2 aromatic carbocycles. The molecule has 0 radical (unpaired) electrons. The van der Waals surface area contributed by atoms with Crippen LogP contribution in [0.25, 0.3) is 0 Å². The number of hydrogen-bond acceptors (Lipinski definition) is 4. The zero-order valence-electron chi connectivity index (χ0n) is 15.0. The first-order valence-electron chi connectivity index (χ1n) is 8.63. The van der Waals surface area contributed by atoms with Gasteiger partial charge in [0.15, 0.2) is 6.61 Å². The minimum Gasteiger partial charge on any atom is -0.482 e. The number of benzene rings is 2. The van der Waals surface area contributed by atoms with Gasteiger partial charge in [-0.25, -0.2) is 4.79 Å². The van der Waals surface area contributed by atoms with Crippen LogP contribution in [0.4, 0.5) is 0 Å². The molecule has 140 valence electrons. The summed E-state index contributed by atoms with van der Waals surface area (Å²) in [6.07, 6.45) is 1.29. The van der Waals surface area contributed by atoms with E-state index in [1.165, 1.54) is 6.08 Å². The largest absolute Gasteiger partial charge is 0.482 e. The Kier molecular flexibility index (Phi) is 5.81. The summed E-state index contributed by atoms with van der Waals surface area (Å²) in [7, 11) is 0. The van der Waals surface area contributed by atoms with E-state index in [4.69, 9.17) is 21.1 Å². The molecule has 0 aromatic heterocycles. The Morgan fingerprint density at radius 3 is 2.78 bits per heavy atom. The molecule has 2 aromatic rings. The average molecular weight is 386 g/mol. The van der Waals surface area contributed by atoms with Gasteiger partial charge >= 0.3 is 5.97 Å². The van der Waals surface area contributed by atoms with Crippen molar-refractivity contribution in [2.75, 3.05) is 13.2 Å². The van der Waals surface area contributed by atoms with Crippen molar-refractivity contribution in [3.63, 3.8) is 0 Å². The summed E-state index contributed by atoms with van der Waals surface area (Å²) in [6.45, 7) is 5.88.